The molecule has 2 aromatic rings. The number of nitrogens with zero attached hydrogens (tertiary/aromatic N) is 1. The average molecular weight is 344 g/mol. The molecule has 0 unspecified atom stereocenters. The van der Waals surface area contributed by atoms with E-state index in [0.29, 0.717) is 21.9 Å². The van der Waals surface area contributed by atoms with Gasteiger partial charge in [0.25, 0.3) is 5.91 Å². The Bertz CT molecular complexity index is 772. The van der Waals surface area contributed by atoms with Crippen LogP contribution in [0.15, 0.2) is 29.4 Å². The molecule has 24 heavy (non-hydrogen) atoms. The van der Waals surface area contributed by atoms with Crippen LogP contribution < -0.4 is 10.2 Å². The summed E-state index contributed by atoms with van der Waals surface area (Å²) in [4.78, 5) is 14.3. The maximum absolute atomic E-state index is 12.3. The summed E-state index contributed by atoms with van der Waals surface area (Å²) >= 11 is 1.55. The molecule has 0 saturated heterocycles. The van der Waals surface area contributed by atoms with Crippen LogP contribution in [-0.4, -0.2) is 23.8 Å². The lowest BCUT2D eigenvalue weighted by Crippen LogP contribution is -2.18. The molecule has 5 nitrogen and oxygen atoms in total. The van der Waals surface area contributed by atoms with Crippen LogP contribution in [0.25, 0.3) is 0 Å². The number of aromatic hydroxyl groups is 1. The van der Waals surface area contributed by atoms with Crippen LogP contribution in [0.1, 0.15) is 45.4 Å². The second-order valence-corrected chi connectivity index (χ2v) is 6.92. The number of rotatable bonds is 4. The van der Waals surface area contributed by atoms with E-state index < -0.39 is 0 Å². The first kappa shape index (κ1) is 16.5. The van der Waals surface area contributed by atoms with Gasteiger partial charge in [-0.1, -0.05) is 0 Å². The maximum Gasteiger partial charge on any atom is 0.281 e. The largest absolute Gasteiger partial charge is 0.507 e. The Morgan fingerprint density at radius 1 is 1.29 bits per heavy atom. The van der Waals surface area contributed by atoms with Crippen molar-refractivity contribution >= 4 is 23.0 Å². The van der Waals surface area contributed by atoms with Crippen LogP contribution in [0, 0.1) is 0 Å². The summed E-state index contributed by atoms with van der Waals surface area (Å²) in [5.74, 6) is 0.426. The normalized spacial score (nSPS) is 14.2. The minimum atomic E-state index is -0.207. The molecule has 1 aliphatic carbocycles. The number of hydrazone groups is 1. The molecule has 0 aliphatic heterocycles. The smallest absolute Gasteiger partial charge is 0.281 e. The molecule has 1 heterocycles. The number of fused-ring (bicyclic) bond motifs is 1. The molecule has 1 amide bonds. The topological polar surface area (TPSA) is 70.9 Å². The molecular formula is C18H20N2O3S. The van der Waals surface area contributed by atoms with Gasteiger partial charge in [-0.25, -0.2) is 5.43 Å². The van der Waals surface area contributed by atoms with E-state index in [1.807, 2.05) is 6.07 Å². The van der Waals surface area contributed by atoms with Gasteiger partial charge in [0.1, 0.15) is 11.5 Å². The van der Waals surface area contributed by atoms with Gasteiger partial charge in [-0.05, 0) is 56.4 Å². The van der Waals surface area contributed by atoms with Gasteiger partial charge in [0.2, 0.25) is 0 Å². The maximum atomic E-state index is 12.3. The number of phenols is 1. The Morgan fingerprint density at radius 3 is 2.79 bits per heavy atom. The second-order valence-electron chi connectivity index (χ2n) is 5.79. The fourth-order valence-corrected chi connectivity index (χ4v) is 3.94. The number of hydrogen-bond acceptors (Lipinski definition) is 5. The van der Waals surface area contributed by atoms with Crippen LogP contribution in [0.2, 0.25) is 0 Å². The van der Waals surface area contributed by atoms with Gasteiger partial charge in [-0.2, -0.15) is 5.10 Å². The summed E-state index contributed by atoms with van der Waals surface area (Å²) in [6.07, 6.45) is 4.51. The van der Waals surface area contributed by atoms with Crippen molar-refractivity contribution in [2.75, 3.05) is 7.11 Å². The van der Waals surface area contributed by atoms with Gasteiger partial charge in [-0.15, -0.1) is 11.3 Å². The molecule has 1 aliphatic rings. The minimum absolute atomic E-state index is 0.0661. The number of ether oxygens (including phenoxy) is 1. The summed E-state index contributed by atoms with van der Waals surface area (Å²) in [6.45, 7) is 1.74. The predicted molar refractivity (Wildman–Crippen MR) is 95.3 cm³/mol. The third kappa shape index (κ3) is 3.43. The standard InChI is InChI=1S/C18H20N2O3S/c1-11(14-8-7-13(23-2)10-15(14)21)19-20-18(22)17-9-12-5-3-4-6-16(12)24-17/h7-10,21H,3-6H2,1-2H3,(H,20,22). The molecule has 2 N–H and O–H groups in total. The molecular weight excluding hydrogens is 324 g/mol. The first-order valence-corrected chi connectivity index (χ1v) is 8.73. The van der Waals surface area contributed by atoms with E-state index in [2.05, 4.69) is 10.5 Å². The van der Waals surface area contributed by atoms with Crippen molar-refractivity contribution in [3.8, 4) is 11.5 Å². The highest BCUT2D eigenvalue weighted by atomic mass is 32.1. The number of methoxy groups -OCH3 is 1. The molecule has 0 fully saturated rings. The zero-order valence-electron chi connectivity index (χ0n) is 13.8. The fourth-order valence-electron chi connectivity index (χ4n) is 2.80. The van der Waals surface area contributed by atoms with E-state index in [0.717, 1.165) is 12.8 Å². The molecule has 1 aromatic carbocycles. The van der Waals surface area contributed by atoms with E-state index in [1.54, 1.807) is 30.4 Å². The predicted octanol–water partition coefficient (Wildman–Crippen LogP) is 3.50. The minimum Gasteiger partial charge on any atom is -0.507 e. The molecule has 0 radical (unpaired) electrons. The molecule has 0 spiro atoms. The lowest BCUT2D eigenvalue weighted by molar-refractivity contribution is 0.0959. The Labute approximate surface area is 145 Å². The van der Waals surface area contributed by atoms with E-state index in [-0.39, 0.29) is 11.7 Å². The fraction of sp³-hybridized carbons (Fsp3) is 0.333. The Morgan fingerprint density at radius 2 is 2.08 bits per heavy atom. The van der Waals surface area contributed by atoms with Gasteiger partial charge in [-0.3, -0.25) is 4.79 Å². The van der Waals surface area contributed by atoms with Gasteiger partial charge >= 0.3 is 0 Å². The molecule has 3 rings (SSSR count). The number of nitrogens with one attached hydrogen (secondary N) is 1. The van der Waals surface area contributed by atoms with Crippen LogP contribution in [0.4, 0.5) is 0 Å². The molecule has 6 heteroatoms. The molecule has 0 bridgehead atoms. The van der Waals surface area contributed by atoms with E-state index >= 15 is 0 Å². The number of amides is 1. The summed E-state index contributed by atoms with van der Waals surface area (Å²) in [7, 11) is 1.54. The number of benzene rings is 1. The summed E-state index contributed by atoms with van der Waals surface area (Å²) in [6, 6.07) is 6.94. The van der Waals surface area contributed by atoms with Crippen molar-refractivity contribution in [1.82, 2.24) is 5.43 Å². The van der Waals surface area contributed by atoms with Gasteiger partial charge in [0.15, 0.2) is 0 Å². The van der Waals surface area contributed by atoms with Crippen molar-refractivity contribution in [3.63, 3.8) is 0 Å². The van der Waals surface area contributed by atoms with Crippen LogP contribution in [0.3, 0.4) is 0 Å². The van der Waals surface area contributed by atoms with Crippen molar-refractivity contribution in [3.05, 3.63) is 45.1 Å². The van der Waals surface area contributed by atoms with Gasteiger partial charge < -0.3 is 9.84 Å². The van der Waals surface area contributed by atoms with E-state index in [4.69, 9.17) is 4.74 Å². The number of thiophene rings is 1. The Hall–Kier alpha value is -2.34. The monoisotopic (exact) mass is 344 g/mol. The Balaban J connectivity index is 1.72. The van der Waals surface area contributed by atoms with Crippen molar-refractivity contribution in [2.45, 2.75) is 32.6 Å². The summed E-state index contributed by atoms with van der Waals surface area (Å²) in [5.41, 5.74) is 4.96. The number of phenolic OH excluding ortho intramolecular Hbond substituents is 1. The van der Waals surface area contributed by atoms with Crippen molar-refractivity contribution in [1.29, 1.82) is 0 Å². The lowest BCUT2D eigenvalue weighted by atomic mass is 9.99. The van der Waals surface area contributed by atoms with Crippen LogP contribution >= 0.6 is 11.3 Å². The van der Waals surface area contributed by atoms with Gasteiger partial charge in [0, 0.05) is 16.5 Å². The van der Waals surface area contributed by atoms with Gasteiger partial charge in [0.05, 0.1) is 17.7 Å². The number of carbonyl (C=O) groups is 1. The number of aryl methyl sites for hydroxylation is 2. The SMILES string of the molecule is COc1ccc(C(C)=NNC(=O)c2cc3c(s2)CCCC3)c(O)c1. The van der Waals surface area contributed by atoms with E-state index in [9.17, 15) is 9.90 Å². The third-order valence-corrected chi connectivity index (χ3v) is 5.38. The Kier molecular flexibility index (Phi) is 4.85. The zero-order chi connectivity index (χ0) is 17.1. The third-order valence-electron chi connectivity index (χ3n) is 4.14. The van der Waals surface area contributed by atoms with Crippen LogP contribution in [-0.2, 0) is 12.8 Å². The molecule has 0 atom stereocenters. The first-order chi connectivity index (χ1) is 11.6. The number of carbonyl (C=O) groups excluding carboxylic acids is 1. The molecule has 126 valence electrons. The quantitative estimate of drug-likeness (QED) is 0.659. The highest BCUT2D eigenvalue weighted by Gasteiger charge is 2.17. The lowest BCUT2D eigenvalue weighted by Gasteiger charge is -2.08. The first-order valence-electron chi connectivity index (χ1n) is 7.92. The highest BCUT2D eigenvalue weighted by molar-refractivity contribution is 7.14. The summed E-state index contributed by atoms with van der Waals surface area (Å²) in [5, 5.41) is 14.1. The second kappa shape index (κ2) is 7.05. The molecule has 0 saturated carbocycles. The van der Waals surface area contributed by atoms with Crippen LogP contribution in [0.5, 0.6) is 11.5 Å². The van der Waals surface area contributed by atoms with Crippen molar-refractivity contribution in [2.24, 2.45) is 5.10 Å². The average Bonchev–Trinajstić information content (AvgIpc) is 3.03. The van der Waals surface area contributed by atoms with Crippen molar-refractivity contribution < 1.29 is 14.6 Å². The van der Waals surface area contributed by atoms with E-state index in [1.165, 1.54) is 36.5 Å². The highest BCUT2D eigenvalue weighted by Crippen LogP contribution is 2.29. The summed E-state index contributed by atoms with van der Waals surface area (Å²) < 4.78 is 5.06. The zero-order valence-corrected chi connectivity index (χ0v) is 14.6. The molecule has 1 aromatic heterocycles. The number of hydrogen-bond donors (Lipinski definition) is 2.